The lowest BCUT2D eigenvalue weighted by Crippen LogP contribution is -1.98. The summed E-state index contributed by atoms with van der Waals surface area (Å²) in [4.78, 5) is 0.215. The van der Waals surface area contributed by atoms with Crippen molar-refractivity contribution in [1.82, 2.24) is 25.2 Å². The second-order valence-electron chi connectivity index (χ2n) is 3.83. The lowest BCUT2D eigenvalue weighted by atomic mass is 10.3. The molecular weight excluding hydrogens is 330 g/mol. The van der Waals surface area contributed by atoms with Crippen LogP contribution in [0.15, 0.2) is 33.2 Å². The number of rotatable bonds is 2. The Morgan fingerprint density at radius 2 is 2.05 bits per heavy atom. The van der Waals surface area contributed by atoms with E-state index in [2.05, 4.69) is 36.4 Å². The van der Waals surface area contributed by atoms with Gasteiger partial charge in [0.15, 0.2) is 5.69 Å². The summed E-state index contributed by atoms with van der Waals surface area (Å²) in [5.74, 6) is 0.339. The van der Waals surface area contributed by atoms with Crippen molar-refractivity contribution >= 4 is 28.1 Å². The molecule has 3 aromatic rings. The van der Waals surface area contributed by atoms with Crippen LogP contribution < -0.4 is 0 Å². The zero-order valence-corrected chi connectivity index (χ0v) is 12.2. The van der Waals surface area contributed by atoms with Crippen molar-refractivity contribution in [3.63, 3.8) is 0 Å². The van der Waals surface area contributed by atoms with Gasteiger partial charge in [-0.05, 0) is 43.4 Å². The van der Waals surface area contributed by atoms with E-state index in [0.29, 0.717) is 11.6 Å². The minimum absolute atomic E-state index is 0.215. The third kappa shape index (κ3) is 2.24. The van der Waals surface area contributed by atoms with E-state index in [9.17, 15) is 0 Å². The molecule has 1 N–H and O–H groups in total. The van der Waals surface area contributed by atoms with Crippen LogP contribution in [-0.4, -0.2) is 25.2 Å². The Bertz CT molecular complexity index is 773. The number of halogens is 1. The molecular formula is C11H8BrN5OS. The molecule has 1 aromatic carbocycles. The van der Waals surface area contributed by atoms with E-state index in [1.807, 2.05) is 31.2 Å². The molecule has 0 saturated heterocycles. The molecule has 0 radical (unpaired) electrons. The lowest BCUT2D eigenvalue weighted by Gasteiger charge is -2.02. The van der Waals surface area contributed by atoms with Gasteiger partial charge in [-0.2, -0.15) is 0 Å². The number of nitrogens with one attached hydrogen (secondary N) is 1. The van der Waals surface area contributed by atoms with E-state index in [1.54, 1.807) is 4.68 Å². The number of aromatic amines is 1. The highest BCUT2D eigenvalue weighted by molar-refractivity contribution is 9.10. The predicted octanol–water partition coefficient (Wildman–Crippen LogP) is 3.05. The maximum Gasteiger partial charge on any atom is 0.284 e. The van der Waals surface area contributed by atoms with Gasteiger partial charge in [-0.3, -0.25) is 0 Å². The largest absolute Gasteiger partial charge is 0.408 e. The summed E-state index contributed by atoms with van der Waals surface area (Å²) in [7, 11) is 0. The highest BCUT2D eigenvalue weighted by atomic mass is 79.9. The molecule has 0 saturated carbocycles. The van der Waals surface area contributed by atoms with Crippen LogP contribution in [0.5, 0.6) is 0 Å². The summed E-state index contributed by atoms with van der Waals surface area (Å²) in [6.45, 7) is 1.89. The normalized spacial score (nSPS) is 10.8. The van der Waals surface area contributed by atoms with Gasteiger partial charge in [0.25, 0.3) is 10.7 Å². The molecule has 2 aromatic heterocycles. The molecule has 2 heterocycles. The third-order valence-electron chi connectivity index (χ3n) is 2.61. The molecule has 0 unspecified atom stereocenters. The molecule has 19 heavy (non-hydrogen) atoms. The molecule has 96 valence electrons. The Kier molecular flexibility index (Phi) is 3.03. The second-order valence-corrected chi connectivity index (χ2v) is 5.12. The first-order valence-electron chi connectivity index (χ1n) is 5.39. The Balaban J connectivity index is 2.08. The van der Waals surface area contributed by atoms with Crippen molar-refractivity contribution in [2.24, 2.45) is 0 Å². The minimum Gasteiger partial charge on any atom is -0.408 e. The zero-order valence-electron chi connectivity index (χ0n) is 9.79. The third-order valence-corrected chi connectivity index (χ3v) is 3.31. The maximum absolute atomic E-state index is 5.24. The van der Waals surface area contributed by atoms with Crippen molar-refractivity contribution in [2.75, 3.05) is 0 Å². The fourth-order valence-corrected chi connectivity index (χ4v) is 2.07. The molecule has 6 nitrogen and oxygen atoms in total. The van der Waals surface area contributed by atoms with Crippen LogP contribution in [0.1, 0.15) is 5.69 Å². The van der Waals surface area contributed by atoms with Gasteiger partial charge in [0, 0.05) is 4.47 Å². The van der Waals surface area contributed by atoms with Crippen molar-refractivity contribution in [3.8, 4) is 17.3 Å². The molecule has 0 amide bonds. The van der Waals surface area contributed by atoms with E-state index in [4.69, 9.17) is 16.6 Å². The van der Waals surface area contributed by atoms with Crippen molar-refractivity contribution in [3.05, 3.63) is 39.3 Å². The highest BCUT2D eigenvalue weighted by Crippen LogP contribution is 2.21. The standard InChI is InChI=1S/C11H8BrN5OS/c1-6-9(10-14-15-11(19)18-10)13-16-17(6)8-4-2-7(12)3-5-8/h2-5H,1H3,(H,15,19). The summed E-state index contributed by atoms with van der Waals surface area (Å²) in [5, 5.41) is 14.7. The molecule has 8 heteroatoms. The highest BCUT2D eigenvalue weighted by Gasteiger charge is 2.16. The van der Waals surface area contributed by atoms with E-state index >= 15 is 0 Å². The fourth-order valence-electron chi connectivity index (χ4n) is 1.69. The molecule has 0 atom stereocenters. The molecule has 0 aliphatic carbocycles. The first-order chi connectivity index (χ1) is 9.15. The fraction of sp³-hybridized carbons (Fsp3) is 0.0909. The zero-order chi connectivity index (χ0) is 13.4. The summed E-state index contributed by atoms with van der Waals surface area (Å²) in [5.41, 5.74) is 2.30. The quantitative estimate of drug-likeness (QED) is 0.727. The van der Waals surface area contributed by atoms with Crippen LogP contribution in [0, 0.1) is 11.8 Å². The van der Waals surface area contributed by atoms with Gasteiger partial charge < -0.3 is 4.42 Å². The van der Waals surface area contributed by atoms with E-state index < -0.39 is 0 Å². The molecule has 0 spiro atoms. The predicted molar refractivity (Wildman–Crippen MR) is 74.5 cm³/mol. The van der Waals surface area contributed by atoms with Gasteiger partial charge in [-0.25, -0.2) is 9.78 Å². The summed E-state index contributed by atoms with van der Waals surface area (Å²) in [6, 6.07) is 7.76. The Hall–Kier alpha value is -1.80. The number of aromatic nitrogens is 5. The SMILES string of the molecule is Cc1c(-c2n[nH]c(=S)o2)nnn1-c1ccc(Br)cc1. The Morgan fingerprint density at radius 1 is 1.32 bits per heavy atom. The molecule has 0 aliphatic heterocycles. The lowest BCUT2D eigenvalue weighted by molar-refractivity contribution is 0.549. The van der Waals surface area contributed by atoms with Crippen molar-refractivity contribution in [2.45, 2.75) is 6.92 Å². The minimum atomic E-state index is 0.215. The summed E-state index contributed by atoms with van der Waals surface area (Å²) in [6.07, 6.45) is 0. The van der Waals surface area contributed by atoms with Gasteiger partial charge in [-0.15, -0.1) is 10.2 Å². The number of H-pyrrole nitrogens is 1. The number of nitrogens with zero attached hydrogens (tertiary/aromatic N) is 4. The number of hydrogen-bond acceptors (Lipinski definition) is 5. The maximum atomic E-state index is 5.24. The number of hydrogen-bond donors (Lipinski definition) is 1. The van der Waals surface area contributed by atoms with E-state index in [-0.39, 0.29) is 4.84 Å². The van der Waals surface area contributed by atoms with Gasteiger partial charge in [0.1, 0.15) is 0 Å². The monoisotopic (exact) mass is 337 g/mol. The van der Waals surface area contributed by atoms with Gasteiger partial charge in [0.05, 0.1) is 11.4 Å². The first-order valence-corrected chi connectivity index (χ1v) is 6.59. The average molecular weight is 338 g/mol. The molecule has 0 bridgehead atoms. The van der Waals surface area contributed by atoms with Crippen LogP contribution in [0.25, 0.3) is 17.3 Å². The van der Waals surface area contributed by atoms with Crippen molar-refractivity contribution < 1.29 is 4.42 Å². The van der Waals surface area contributed by atoms with Crippen LogP contribution in [0.2, 0.25) is 0 Å². The Labute approximate surface area is 121 Å². The van der Waals surface area contributed by atoms with Crippen LogP contribution in [0.3, 0.4) is 0 Å². The second kappa shape index (κ2) is 4.71. The smallest absolute Gasteiger partial charge is 0.284 e. The summed E-state index contributed by atoms with van der Waals surface area (Å²) < 4.78 is 7.97. The average Bonchev–Trinajstić information content (AvgIpc) is 2.97. The van der Waals surface area contributed by atoms with Gasteiger partial charge in [0.2, 0.25) is 0 Å². The van der Waals surface area contributed by atoms with Crippen LogP contribution in [-0.2, 0) is 0 Å². The van der Waals surface area contributed by atoms with Gasteiger partial charge >= 0.3 is 0 Å². The molecule has 0 fully saturated rings. The van der Waals surface area contributed by atoms with E-state index in [0.717, 1.165) is 15.9 Å². The molecule has 0 aliphatic rings. The topological polar surface area (TPSA) is 72.5 Å². The van der Waals surface area contributed by atoms with Crippen LogP contribution >= 0.6 is 28.1 Å². The number of benzene rings is 1. The molecule has 3 rings (SSSR count). The van der Waals surface area contributed by atoms with E-state index in [1.165, 1.54) is 0 Å². The summed E-state index contributed by atoms with van der Waals surface area (Å²) >= 11 is 8.24. The first kappa shape index (κ1) is 12.2. The Morgan fingerprint density at radius 3 is 2.68 bits per heavy atom. The van der Waals surface area contributed by atoms with Gasteiger partial charge in [-0.1, -0.05) is 21.1 Å². The van der Waals surface area contributed by atoms with Crippen LogP contribution in [0.4, 0.5) is 0 Å². The van der Waals surface area contributed by atoms with Crippen molar-refractivity contribution in [1.29, 1.82) is 0 Å².